The van der Waals surface area contributed by atoms with E-state index in [2.05, 4.69) is 5.16 Å². The molecule has 90 valence electrons. The van der Waals surface area contributed by atoms with Gasteiger partial charge in [-0.15, -0.1) is 0 Å². The van der Waals surface area contributed by atoms with E-state index in [-0.39, 0.29) is 5.88 Å². The van der Waals surface area contributed by atoms with E-state index in [9.17, 15) is 0 Å². The summed E-state index contributed by atoms with van der Waals surface area (Å²) in [6.07, 6.45) is 0. The second-order valence-corrected chi connectivity index (χ2v) is 4.21. The van der Waals surface area contributed by atoms with Gasteiger partial charge in [-0.1, -0.05) is 16.8 Å². The summed E-state index contributed by atoms with van der Waals surface area (Å²) in [4.78, 5) is 0. The van der Waals surface area contributed by atoms with Crippen LogP contribution < -0.4 is 10.5 Å². The third kappa shape index (κ3) is 1.96. The molecule has 0 aliphatic carbocycles. The number of nitrogen functional groups attached to an aromatic ring is 1. The molecule has 2 rings (SSSR count). The molecule has 0 radical (unpaired) electrons. The van der Waals surface area contributed by atoms with Crippen molar-refractivity contribution in [2.45, 2.75) is 13.8 Å². The summed E-state index contributed by atoms with van der Waals surface area (Å²) in [5.74, 6) is 0.959. The largest absolute Gasteiger partial charge is 0.496 e. The van der Waals surface area contributed by atoms with Crippen molar-refractivity contribution in [3.05, 3.63) is 28.3 Å². The first kappa shape index (κ1) is 11.8. The fourth-order valence-corrected chi connectivity index (χ4v) is 1.95. The molecule has 0 unspecified atom stereocenters. The Morgan fingerprint density at radius 2 is 2.06 bits per heavy atom. The lowest BCUT2D eigenvalue weighted by atomic mass is 10.0. The molecule has 2 aromatic rings. The molecular formula is C12H13ClN2O2. The van der Waals surface area contributed by atoms with Crippen LogP contribution >= 0.6 is 11.6 Å². The van der Waals surface area contributed by atoms with E-state index < -0.39 is 0 Å². The van der Waals surface area contributed by atoms with Gasteiger partial charge in [-0.3, -0.25) is 0 Å². The van der Waals surface area contributed by atoms with Gasteiger partial charge in [0.25, 0.3) is 0 Å². The van der Waals surface area contributed by atoms with Gasteiger partial charge in [-0.05, 0) is 25.5 Å². The molecule has 17 heavy (non-hydrogen) atoms. The van der Waals surface area contributed by atoms with E-state index in [1.165, 1.54) is 0 Å². The van der Waals surface area contributed by atoms with Crippen LogP contribution in [-0.2, 0) is 0 Å². The summed E-state index contributed by atoms with van der Waals surface area (Å²) in [6, 6.07) is 3.57. The van der Waals surface area contributed by atoms with E-state index in [1.54, 1.807) is 13.2 Å². The lowest BCUT2D eigenvalue weighted by Gasteiger charge is -2.13. The van der Waals surface area contributed by atoms with E-state index in [1.807, 2.05) is 19.9 Å². The van der Waals surface area contributed by atoms with Crippen molar-refractivity contribution < 1.29 is 9.26 Å². The zero-order valence-electron chi connectivity index (χ0n) is 9.87. The average Bonchev–Trinajstić information content (AvgIpc) is 2.72. The maximum Gasteiger partial charge on any atom is 0.222 e. The summed E-state index contributed by atoms with van der Waals surface area (Å²) in [5.41, 5.74) is 8.82. The van der Waals surface area contributed by atoms with Crippen LogP contribution in [0.5, 0.6) is 5.75 Å². The highest BCUT2D eigenvalue weighted by Gasteiger charge is 2.16. The fourth-order valence-electron chi connectivity index (χ4n) is 1.81. The van der Waals surface area contributed by atoms with Crippen molar-refractivity contribution >= 4 is 17.5 Å². The number of aromatic nitrogens is 1. The van der Waals surface area contributed by atoms with Crippen LogP contribution in [0.25, 0.3) is 11.3 Å². The number of benzene rings is 1. The van der Waals surface area contributed by atoms with Gasteiger partial charge in [0.2, 0.25) is 5.88 Å². The first-order valence-electron chi connectivity index (χ1n) is 5.11. The molecule has 0 aliphatic rings. The number of hydrogen-bond donors (Lipinski definition) is 1. The predicted octanol–water partition coefficient (Wildman–Crippen LogP) is 3.20. The molecule has 0 amide bonds. The quantitative estimate of drug-likeness (QED) is 0.892. The smallest absolute Gasteiger partial charge is 0.222 e. The number of nitrogens with zero attached hydrogens (tertiary/aromatic N) is 1. The Labute approximate surface area is 104 Å². The van der Waals surface area contributed by atoms with Gasteiger partial charge < -0.3 is 15.0 Å². The molecule has 0 spiro atoms. The molecule has 0 fully saturated rings. The summed E-state index contributed by atoms with van der Waals surface area (Å²) in [6.45, 7) is 3.84. The highest BCUT2D eigenvalue weighted by molar-refractivity contribution is 6.32. The van der Waals surface area contributed by atoms with Crippen molar-refractivity contribution in [3.8, 4) is 17.0 Å². The molecule has 1 heterocycles. The first-order valence-corrected chi connectivity index (χ1v) is 5.48. The van der Waals surface area contributed by atoms with Crippen molar-refractivity contribution in [1.82, 2.24) is 5.16 Å². The van der Waals surface area contributed by atoms with Gasteiger partial charge in [0.1, 0.15) is 11.4 Å². The van der Waals surface area contributed by atoms with Crippen molar-refractivity contribution in [3.63, 3.8) is 0 Å². The van der Waals surface area contributed by atoms with Crippen LogP contribution in [0.4, 0.5) is 5.88 Å². The summed E-state index contributed by atoms with van der Waals surface area (Å²) in [5, 5.41) is 4.58. The monoisotopic (exact) mass is 252 g/mol. The molecular weight excluding hydrogens is 240 g/mol. The fraction of sp³-hybridized carbons (Fsp3) is 0.250. The molecule has 1 aromatic heterocycles. The Hall–Kier alpha value is -1.68. The maximum atomic E-state index is 6.18. The number of aryl methyl sites for hydroxylation is 1. The molecule has 1 aromatic carbocycles. The number of nitrogens with two attached hydrogens (primary N) is 1. The Bertz CT molecular complexity index is 564. The molecule has 4 nitrogen and oxygen atoms in total. The summed E-state index contributed by atoms with van der Waals surface area (Å²) in [7, 11) is 1.60. The molecule has 0 atom stereocenters. The number of methoxy groups -OCH3 is 1. The SMILES string of the molecule is COc1c(-c2cc(N)on2)cc(C)c(Cl)c1C. The number of ether oxygens (including phenoxy) is 1. The number of rotatable bonds is 2. The number of anilines is 1. The molecule has 0 bridgehead atoms. The lowest BCUT2D eigenvalue weighted by molar-refractivity contribution is 0.411. The average molecular weight is 253 g/mol. The Balaban J connectivity index is 2.69. The van der Waals surface area contributed by atoms with E-state index >= 15 is 0 Å². The Morgan fingerprint density at radius 3 is 2.59 bits per heavy atom. The zero-order chi connectivity index (χ0) is 12.6. The molecule has 0 saturated heterocycles. The topological polar surface area (TPSA) is 61.3 Å². The second kappa shape index (κ2) is 4.30. The molecule has 0 aliphatic heterocycles. The predicted molar refractivity (Wildman–Crippen MR) is 67.4 cm³/mol. The van der Waals surface area contributed by atoms with Crippen LogP contribution in [0.15, 0.2) is 16.7 Å². The highest BCUT2D eigenvalue weighted by Crippen LogP contribution is 2.38. The Kier molecular flexibility index (Phi) is 2.98. The molecule has 5 heteroatoms. The molecule has 0 saturated carbocycles. The normalized spacial score (nSPS) is 10.6. The minimum absolute atomic E-state index is 0.271. The third-order valence-electron chi connectivity index (χ3n) is 2.63. The van der Waals surface area contributed by atoms with Crippen molar-refractivity contribution in [1.29, 1.82) is 0 Å². The zero-order valence-corrected chi connectivity index (χ0v) is 10.6. The van der Waals surface area contributed by atoms with E-state index in [0.717, 1.165) is 16.7 Å². The number of hydrogen-bond acceptors (Lipinski definition) is 4. The number of halogens is 1. The highest BCUT2D eigenvalue weighted by atomic mass is 35.5. The van der Waals surface area contributed by atoms with Gasteiger partial charge in [0.15, 0.2) is 0 Å². The minimum Gasteiger partial charge on any atom is -0.496 e. The van der Waals surface area contributed by atoms with E-state index in [4.69, 9.17) is 26.6 Å². The van der Waals surface area contributed by atoms with Gasteiger partial charge in [-0.2, -0.15) is 0 Å². The van der Waals surface area contributed by atoms with Crippen LogP contribution in [-0.4, -0.2) is 12.3 Å². The van der Waals surface area contributed by atoms with Gasteiger partial charge >= 0.3 is 0 Å². The Morgan fingerprint density at radius 1 is 1.35 bits per heavy atom. The first-order chi connectivity index (χ1) is 8.04. The van der Waals surface area contributed by atoms with E-state index in [0.29, 0.717) is 16.5 Å². The molecule has 2 N–H and O–H groups in total. The van der Waals surface area contributed by atoms with Gasteiger partial charge in [0, 0.05) is 17.2 Å². The van der Waals surface area contributed by atoms with Crippen LogP contribution in [0.1, 0.15) is 11.1 Å². The maximum absolute atomic E-state index is 6.18. The van der Waals surface area contributed by atoms with Crippen LogP contribution in [0, 0.1) is 13.8 Å². The van der Waals surface area contributed by atoms with Gasteiger partial charge in [0.05, 0.1) is 12.1 Å². The van der Waals surface area contributed by atoms with Gasteiger partial charge in [-0.25, -0.2) is 0 Å². The van der Waals surface area contributed by atoms with Crippen LogP contribution in [0.3, 0.4) is 0 Å². The third-order valence-corrected chi connectivity index (χ3v) is 3.21. The summed E-state index contributed by atoms with van der Waals surface area (Å²) < 4.78 is 10.2. The lowest BCUT2D eigenvalue weighted by Crippen LogP contribution is -1.94. The minimum atomic E-state index is 0.271. The standard InChI is InChI=1S/C12H13ClN2O2/c1-6-4-8(9-5-10(14)17-15-9)12(16-3)7(2)11(6)13/h4-5H,14H2,1-3H3. The van der Waals surface area contributed by atoms with Crippen LogP contribution in [0.2, 0.25) is 5.02 Å². The second-order valence-electron chi connectivity index (χ2n) is 3.83. The van der Waals surface area contributed by atoms with Crippen molar-refractivity contribution in [2.75, 3.05) is 12.8 Å². The summed E-state index contributed by atoms with van der Waals surface area (Å²) >= 11 is 6.18. The van der Waals surface area contributed by atoms with Crippen molar-refractivity contribution in [2.24, 2.45) is 0 Å².